The van der Waals surface area contributed by atoms with Crippen molar-refractivity contribution >= 4 is 35.1 Å². The van der Waals surface area contributed by atoms with Crippen molar-refractivity contribution in [3.63, 3.8) is 0 Å². The van der Waals surface area contributed by atoms with Crippen LogP contribution < -0.4 is 19.7 Å². The van der Waals surface area contributed by atoms with Gasteiger partial charge in [0.05, 0.1) is 12.8 Å². The Kier molecular flexibility index (Phi) is 11.1. The summed E-state index contributed by atoms with van der Waals surface area (Å²) in [4.78, 5) is 41.3. The van der Waals surface area contributed by atoms with Crippen LogP contribution in [0.5, 0.6) is 11.5 Å². The van der Waals surface area contributed by atoms with Gasteiger partial charge in [-0.3, -0.25) is 4.79 Å². The third kappa shape index (κ3) is 8.16. The van der Waals surface area contributed by atoms with E-state index in [0.29, 0.717) is 40.8 Å². The maximum Gasteiger partial charge on any atom is 0.425 e. The zero-order chi connectivity index (χ0) is 32.5. The van der Waals surface area contributed by atoms with Gasteiger partial charge in [-0.2, -0.15) is 4.98 Å². The molecule has 0 atom stereocenters. The maximum absolute atomic E-state index is 13.8. The quantitative estimate of drug-likeness (QED) is 0.185. The van der Waals surface area contributed by atoms with E-state index in [9.17, 15) is 9.59 Å². The molecule has 10 nitrogen and oxygen atoms in total. The number of anilines is 4. The molecule has 0 aliphatic heterocycles. The molecular formula is C35H42N6O4. The zero-order valence-corrected chi connectivity index (χ0v) is 27.1. The molecule has 0 saturated heterocycles. The predicted molar refractivity (Wildman–Crippen MR) is 178 cm³/mol. The van der Waals surface area contributed by atoms with Crippen LogP contribution in [-0.2, 0) is 0 Å². The van der Waals surface area contributed by atoms with Gasteiger partial charge in [0.15, 0.2) is 11.5 Å². The molecule has 4 aromatic rings. The van der Waals surface area contributed by atoms with E-state index in [0.717, 1.165) is 36.3 Å². The van der Waals surface area contributed by atoms with E-state index in [1.54, 1.807) is 35.4 Å². The first-order valence-corrected chi connectivity index (χ1v) is 15.1. The monoisotopic (exact) mass is 610 g/mol. The van der Waals surface area contributed by atoms with Crippen LogP contribution in [0, 0.1) is 20.8 Å². The lowest BCUT2D eigenvalue weighted by atomic mass is 10.1. The summed E-state index contributed by atoms with van der Waals surface area (Å²) in [7, 11) is 3.35. The molecule has 0 saturated carbocycles. The molecule has 2 amide bonds. The summed E-state index contributed by atoms with van der Waals surface area (Å²) < 4.78 is 11.3. The molecule has 1 aromatic heterocycles. The molecule has 0 radical (unpaired) electrons. The van der Waals surface area contributed by atoms with E-state index >= 15 is 0 Å². The molecule has 1 heterocycles. The SMILES string of the molecule is CCN(CC)CCN(C)C(=O)c1ccc(Nc2nccc(N(C(=O)Oc3ccc(C)cc3OC)c3c(C)cccc3C)n2)cc1. The number of hydrogen-bond donors (Lipinski definition) is 1. The van der Waals surface area contributed by atoms with E-state index in [1.165, 1.54) is 12.0 Å². The fourth-order valence-electron chi connectivity index (χ4n) is 4.97. The Morgan fingerprint density at radius 1 is 0.867 bits per heavy atom. The van der Waals surface area contributed by atoms with Crippen molar-refractivity contribution in [2.75, 3.05) is 50.6 Å². The van der Waals surface area contributed by atoms with E-state index in [4.69, 9.17) is 9.47 Å². The highest BCUT2D eigenvalue weighted by Crippen LogP contribution is 2.34. The zero-order valence-electron chi connectivity index (χ0n) is 27.1. The highest BCUT2D eigenvalue weighted by Gasteiger charge is 2.26. The fourth-order valence-corrected chi connectivity index (χ4v) is 4.97. The molecule has 1 N–H and O–H groups in total. The van der Waals surface area contributed by atoms with Crippen LogP contribution in [0.1, 0.15) is 40.9 Å². The normalized spacial score (nSPS) is 10.8. The first kappa shape index (κ1) is 32.9. The summed E-state index contributed by atoms with van der Waals surface area (Å²) in [6, 6.07) is 20.0. The number of likely N-dealkylation sites (N-methyl/N-ethyl adjacent to an activating group) is 2. The predicted octanol–water partition coefficient (Wildman–Crippen LogP) is 6.90. The molecule has 0 fully saturated rings. The molecule has 0 aliphatic carbocycles. The number of hydrogen-bond acceptors (Lipinski definition) is 8. The summed E-state index contributed by atoms with van der Waals surface area (Å²) in [6.45, 7) is 13.4. The Hall–Kier alpha value is -4.96. The van der Waals surface area contributed by atoms with Crippen LogP contribution in [0.4, 0.5) is 27.9 Å². The van der Waals surface area contributed by atoms with Crippen LogP contribution in [0.25, 0.3) is 0 Å². The van der Waals surface area contributed by atoms with Gasteiger partial charge in [0.2, 0.25) is 5.95 Å². The minimum atomic E-state index is -0.646. The minimum absolute atomic E-state index is 0.0417. The number of rotatable bonds is 12. The summed E-state index contributed by atoms with van der Waals surface area (Å²) >= 11 is 0. The Morgan fingerprint density at radius 3 is 2.20 bits per heavy atom. The Morgan fingerprint density at radius 2 is 1.56 bits per heavy atom. The van der Waals surface area contributed by atoms with E-state index in [-0.39, 0.29) is 11.9 Å². The van der Waals surface area contributed by atoms with Gasteiger partial charge in [0.1, 0.15) is 5.82 Å². The fraction of sp³-hybridized carbons (Fsp3) is 0.314. The molecule has 0 spiro atoms. The molecule has 236 valence electrons. The van der Waals surface area contributed by atoms with Crippen molar-refractivity contribution in [3.05, 3.63) is 95.2 Å². The second-order valence-corrected chi connectivity index (χ2v) is 10.8. The number of para-hydroxylation sites is 1. The number of ether oxygens (including phenoxy) is 2. The number of amides is 2. The van der Waals surface area contributed by atoms with Crippen molar-refractivity contribution in [3.8, 4) is 11.5 Å². The molecule has 45 heavy (non-hydrogen) atoms. The largest absolute Gasteiger partial charge is 0.493 e. The second kappa shape index (κ2) is 15.2. The minimum Gasteiger partial charge on any atom is -0.493 e. The number of methoxy groups -OCH3 is 1. The average molecular weight is 611 g/mol. The van der Waals surface area contributed by atoms with Crippen LogP contribution in [0.3, 0.4) is 0 Å². The van der Waals surface area contributed by atoms with Gasteiger partial charge in [-0.25, -0.2) is 14.7 Å². The summed E-state index contributed by atoms with van der Waals surface area (Å²) in [5.74, 6) is 1.30. The third-order valence-electron chi connectivity index (χ3n) is 7.61. The number of aromatic nitrogens is 2. The van der Waals surface area contributed by atoms with Crippen LogP contribution >= 0.6 is 0 Å². The lowest BCUT2D eigenvalue weighted by Gasteiger charge is -2.25. The van der Waals surface area contributed by atoms with Crippen molar-refractivity contribution in [1.29, 1.82) is 0 Å². The van der Waals surface area contributed by atoms with Crippen LogP contribution in [0.2, 0.25) is 0 Å². The third-order valence-corrected chi connectivity index (χ3v) is 7.61. The van der Waals surface area contributed by atoms with Gasteiger partial charge in [-0.1, -0.05) is 38.1 Å². The highest BCUT2D eigenvalue weighted by molar-refractivity contribution is 5.98. The molecule has 3 aromatic carbocycles. The molecule has 0 unspecified atom stereocenters. The number of carbonyl (C=O) groups is 2. The van der Waals surface area contributed by atoms with Gasteiger partial charge in [-0.05, 0) is 86.9 Å². The molecule has 0 aliphatic rings. The number of nitrogens with one attached hydrogen (secondary N) is 1. The van der Waals surface area contributed by atoms with Crippen molar-refractivity contribution in [1.82, 2.24) is 19.8 Å². The van der Waals surface area contributed by atoms with Crippen LogP contribution in [0.15, 0.2) is 72.9 Å². The van der Waals surface area contributed by atoms with Crippen molar-refractivity contribution < 1.29 is 19.1 Å². The Balaban J connectivity index is 1.57. The van der Waals surface area contributed by atoms with Gasteiger partial charge >= 0.3 is 6.09 Å². The molecular weight excluding hydrogens is 568 g/mol. The standard InChI is InChI=1S/C35H42N6O4/c1-8-40(9-2)22-21-39(6)33(42)27-14-16-28(17-15-27)37-34-36-20-19-31(38-34)41(32-25(4)11-10-12-26(32)5)35(43)45-29-18-13-24(3)23-30(29)44-7/h10-20,23H,8-9,21-22H2,1-7H3,(H,36,37,38). The Labute approximate surface area is 265 Å². The second-order valence-electron chi connectivity index (χ2n) is 10.8. The van der Waals surface area contributed by atoms with Gasteiger partial charge in [-0.15, -0.1) is 0 Å². The molecule has 0 bridgehead atoms. The van der Waals surface area contributed by atoms with Gasteiger partial charge < -0.3 is 24.6 Å². The van der Waals surface area contributed by atoms with E-state index < -0.39 is 6.09 Å². The first-order chi connectivity index (χ1) is 21.6. The van der Waals surface area contributed by atoms with Gasteiger partial charge in [0, 0.05) is 43.7 Å². The lowest BCUT2D eigenvalue weighted by Crippen LogP contribution is -2.36. The average Bonchev–Trinajstić information content (AvgIpc) is 3.04. The maximum atomic E-state index is 13.8. The topological polar surface area (TPSA) is 100 Å². The number of benzene rings is 3. The molecule has 10 heteroatoms. The lowest BCUT2D eigenvalue weighted by molar-refractivity contribution is 0.0779. The number of aryl methyl sites for hydroxylation is 3. The highest BCUT2D eigenvalue weighted by atomic mass is 16.6. The van der Waals surface area contributed by atoms with E-state index in [2.05, 4.69) is 34.0 Å². The number of nitrogens with zero attached hydrogens (tertiary/aromatic N) is 5. The van der Waals surface area contributed by atoms with Crippen LogP contribution in [-0.4, -0.2) is 72.1 Å². The summed E-state index contributed by atoms with van der Waals surface area (Å²) in [6.07, 6.45) is 0.931. The molecule has 4 rings (SSSR count). The number of carbonyl (C=O) groups excluding carboxylic acids is 2. The first-order valence-electron chi connectivity index (χ1n) is 15.1. The van der Waals surface area contributed by atoms with Gasteiger partial charge in [0.25, 0.3) is 5.91 Å². The smallest absolute Gasteiger partial charge is 0.425 e. The summed E-state index contributed by atoms with van der Waals surface area (Å²) in [5, 5.41) is 3.19. The van der Waals surface area contributed by atoms with Crippen molar-refractivity contribution in [2.24, 2.45) is 0 Å². The van der Waals surface area contributed by atoms with Crippen molar-refractivity contribution in [2.45, 2.75) is 34.6 Å². The summed E-state index contributed by atoms with van der Waals surface area (Å²) in [5.41, 5.74) is 4.67. The Bertz CT molecular complexity index is 1600. The van der Waals surface area contributed by atoms with E-state index in [1.807, 2.05) is 70.3 Å².